The number of hydrogen-bond donors (Lipinski definition) is 0. The number of hydrogen-bond acceptors (Lipinski definition) is 4. The maximum Gasteiger partial charge on any atom is 0.278 e. The monoisotopic (exact) mass is 444 g/mol. The number of carbonyl (C=O) groups excluding carboxylic acids is 1. The van der Waals surface area contributed by atoms with Crippen molar-refractivity contribution in [1.29, 1.82) is 0 Å². The van der Waals surface area contributed by atoms with E-state index >= 15 is 0 Å². The standard InChI is InChI=1S/C26H28N4O3/c1-33-22-13-7-4-10-19(22)16-29-18-27-24-20-11-5-6-12-21(20)30(25(24)26(29)32)17-23(31)28-14-8-2-3-9-15-28/h4-7,10-13,18H,2-3,8-9,14-17H2,1H3. The van der Waals surface area contributed by atoms with Gasteiger partial charge in [-0.2, -0.15) is 0 Å². The number of aromatic nitrogens is 3. The smallest absolute Gasteiger partial charge is 0.278 e. The van der Waals surface area contributed by atoms with Gasteiger partial charge in [0.2, 0.25) is 5.91 Å². The van der Waals surface area contributed by atoms with E-state index in [1.165, 1.54) is 0 Å². The van der Waals surface area contributed by atoms with Crippen molar-refractivity contribution in [2.24, 2.45) is 0 Å². The van der Waals surface area contributed by atoms with Crippen LogP contribution in [0.3, 0.4) is 0 Å². The zero-order chi connectivity index (χ0) is 22.8. The Balaban J connectivity index is 1.60. The van der Waals surface area contributed by atoms with Crippen LogP contribution in [0.25, 0.3) is 21.9 Å². The van der Waals surface area contributed by atoms with Crippen LogP contribution in [0.1, 0.15) is 31.2 Å². The van der Waals surface area contributed by atoms with Crippen LogP contribution in [0.4, 0.5) is 0 Å². The van der Waals surface area contributed by atoms with Gasteiger partial charge in [-0.15, -0.1) is 0 Å². The SMILES string of the molecule is COc1ccccc1Cn1cnc2c3ccccc3n(CC(=O)N3CCCCCC3)c2c1=O. The van der Waals surface area contributed by atoms with Crippen molar-refractivity contribution in [1.82, 2.24) is 19.0 Å². The molecular formula is C26H28N4O3. The van der Waals surface area contributed by atoms with E-state index in [2.05, 4.69) is 4.98 Å². The van der Waals surface area contributed by atoms with Crippen molar-refractivity contribution in [2.45, 2.75) is 38.8 Å². The summed E-state index contributed by atoms with van der Waals surface area (Å²) in [5, 5.41) is 0.887. The number of amides is 1. The second-order valence-corrected chi connectivity index (χ2v) is 8.58. The molecule has 0 bridgehead atoms. The Hall–Kier alpha value is -3.61. The molecule has 7 heteroatoms. The third kappa shape index (κ3) is 3.99. The van der Waals surface area contributed by atoms with Crippen LogP contribution in [-0.4, -0.2) is 45.1 Å². The molecule has 7 nitrogen and oxygen atoms in total. The van der Waals surface area contributed by atoms with Crippen molar-refractivity contribution in [3.8, 4) is 5.75 Å². The van der Waals surface area contributed by atoms with Gasteiger partial charge in [-0.05, 0) is 25.0 Å². The molecular weight excluding hydrogens is 416 g/mol. The predicted octanol–water partition coefficient (Wildman–Crippen LogP) is 3.81. The normalized spacial score (nSPS) is 14.5. The van der Waals surface area contributed by atoms with Gasteiger partial charge in [0, 0.05) is 24.0 Å². The summed E-state index contributed by atoms with van der Waals surface area (Å²) in [5.41, 5.74) is 2.69. The highest BCUT2D eigenvalue weighted by Gasteiger charge is 2.21. The highest BCUT2D eigenvalue weighted by Crippen LogP contribution is 2.26. The second-order valence-electron chi connectivity index (χ2n) is 8.58. The summed E-state index contributed by atoms with van der Waals surface area (Å²) in [6.07, 6.45) is 5.98. The first kappa shape index (κ1) is 21.2. The molecule has 1 aliphatic rings. The molecule has 3 heterocycles. The molecule has 0 unspecified atom stereocenters. The van der Waals surface area contributed by atoms with Gasteiger partial charge in [0.15, 0.2) is 0 Å². The largest absolute Gasteiger partial charge is 0.496 e. The molecule has 1 fully saturated rings. The molecule has 33 heavy (non-hydrogen) atoms. The van der Waals surface area contributed by atoms with E-state index in [1.807, 2.05) is 58.0 Å². The fourth-order valence-corrected chi connectivity index (χ4v) is 4.80. The van der Waals surface area contributed by atoms with Crippen molar-refractivity contribution >= 4 is 27.8 Å². The summed E-state index contributed by atoms with van der Waals surface area (Å²) in [7, 11) is 1.62. The Labute approximate surface area is 192 Å². The van der Waals surface area contributed by atoms with E-state index in [9.17, 15) is 9.59 Å². The highest BCUT2D eigenvalue weighted by molar-refractivity contribution is 6.06. The van der Waals surface area contributed by atoms with Crippen LogP contribution < -0.4 is 10.3 Å². The van der Waals surface area contributed by atoms with E-state index < -0.39 is 0 Å². The van der Waals surface area contributed by atoms with Crippen LogP contribution in [0.2, 0.25) is 0 Å². The summed E-state index contributed by atoms with van der Waals surface area (Å²) in [5.74, 6) is 0.778. The quantitative estimate of drug-likeness (QED) is 0.469. The zero-order valence-electron chi connectivity index (χ0n) is 18.9. The van der Waals surface area contributed by atoms with E-state index in [1.54, 1.807) is 18.0 Å². The van der Waals surface area contributed by atoms with Crippen molar-refractivity contribution in [3.05, 3.63) is 70.8 Å². The highest BCUT2D eigenvalue weighted by atomic mass is 16.5. The Morgan fingerprint density at radius 1 is 1.00 bits per heavy atom. The molecule has 0 atom stereocenters. The average Bonchev–Trinajstić information content (AvgIpc) is 2.99. The summed E-state index contributed by atoms with van der Waals surface area (Å²) < 4.78 is 8.90. The van der Waals surface area contributed by atoms with Crippen LogP contribution in [0.15, 0.2) is 59.7 Å². The van der Waals surface area contributed by atoms with E-state index in [0.717, 1.165) is 61.0 Å². The predicted molar refractivity (Wildman–Crippen MR) is 129 cm³/mol. The first-order valence-corrected chi connectivity index (χ1v) is 11.5. The van der Waals surface area contributed by atoms with Gasteiger partial charge in [0.1, 0.15) is 23.3 Å². The summed E-state index contributed by atoms with van der Waals surface area (Å²) in [4.78, 5) is 33.5. The lowest BCUT2D eigenvalue weighted by atomic mass is 10.2. The summed E-state index contributed by atoms with van der Waals surface area (Å²) in [6, 6.07) is 15.4. The molecule has 170 valence electrons. The molecule has 2 aromatic carbocycles. The van der Waals surface area contributed by atoms with Gasteiger partial charge in [0.25, 0.3) is 5.56 Å². The molecule has 1 amide bonds. The number of ether oxygens (including phenoxy) is 1. The minimum Gasteiger partial charge on any atom is -0.496 e. The van der Waals surface area contributed by atoms with Crippen molar-refractivity contribution in [3.63, 3.8) is 0 Å². The Kier molecular flexibility index (Phi) is 5.86. The Morgan fingerprint density at radius 2 is 1.73 bits per heavy atom. The number of para-hydroxylation sites is 2. The molecule has 5 rings (SSSR count). The van der Waals surface area contributed by atoms with Crippen LogP contribution in [0, 0.1) is 0 Å². The van der Waals surface area contributed by atoms with Crippen molar-refractivity contribution < 1.29 is 9.53 Å². The fourth-order valence-electron chi connectivity index (χ4n) is 4.80. The Bertz CT molecular complexity index is 1360. The van der Waals surface area contributed by atoms with E-state index in [0.29, 0.717) is 17.6 Å². The number of methoxy groups -OCH3 is 1. The zero-order valence-corrected chi connectivity index (χ0v) is 18.9. The van der Waals surface area contributed by atoms with E-state index in [-0.39, 0.29) is 18.0 Å². The van der Waals surface area contributed by atoms with Crippen molar-refractivity contribution in [2.75, 3.05) is 20.2 Å². The number of nitrogens with zero attached hydrogens (tertiary/aromatic N) is 4. The van der Waals surface area contributed by atoms with Gasteiger partial charge < -0.3 is 14.2 Å². The minimum absolute atomic E-state index is 0.0547. The van der Waals surface area contributed by atoms with Gasteiger partial charge in [0.05, 0.1) is 25.5 Å². The third-order valence-corrected chi connectivity index (χ3v) is 6.52. The lowest BCUT2D eigenvalue weighted by molar-refractivity contribution is -0.131. The minimum atomic E-state index is -0.161. The first-order valence-electron chi connectivity index (χ1n) is 11.5. The fraction of sp³-hybridized carbons (Fsp3) is 0.346. The van der Waals surface area contributed by atoms with Crippen LogP contribution >= 0.6 is 0 Å². The lowest BCUT2D eigenvalue weighted by Gasteiger charge is -2.21. The van der Waals surface area contributed by atoms with E-state index in [4.69, 9.17) is 4.74 Å². The number of rotatable bonds is 5. The number of carbonyl (C=O) groups is 1. The molecule has 0 N–H and O–H groups in total. The summed E-state index contributed by atoms with van der Waals surface area (Å²) in [6.45, 7) is 2.05. The van der Waals surface area contributed by atoms with Gasteiger partial charge in [-0.1, -0.05) is 49.2 Å². The molecule has 4 aromatic rings. The molecule has 0 spiro atoms. The molecule has 1 saturated heterocycles. The first-order chi connectivity index (χ1) is 16.2. The molecule has 0 radical (unpaired) electrons. The molecule has 1 aliphatic heterocycles. The summed E-state index contributed by atoms with van der Waals surface area (Å²) >= 11 is 0. The van der Waals surface area contributed by atoms with Gasteiger partial charge in [-0.25, -0.2) is 4.98 Å². The van der Waals surface area contributed by atoms with Gasteiger partial charge in [-0.3, -0.25) is 14.2 Å². The number of likely N-dealkylation sites (tertiary alicyclic amines) is 1. The molecule has 2 aromatic heterocycles. The van der Waals surface area contributed by atoms with Gasteiger partial charge >= 0.3 is 0 Å². The number of benzene rings is 2. The topological polar surface area (TPSA) is 69.4 Å². The maximum absolute atomic E-state index is 13.7. The molecule has 0 aliphatic carbocycles. The molecule has 0 saturated carbocycles. The van der Waals surface area contributed by atoms with Crippen LogP contribution in [0.5, 0.6) is 5.75 Å². The average molecular weight is 445 g/mol. The maximum atomic E-state index is 13.7. The van der Waals surface area contributed by atoms with Crippen LogP contribution in [-0.2, 0) is 17.9 Å². The second kappa shape index (κ2) is 9.10. The number of fused-ring (bicyclic) bond motifs is 3. The Morgan fingerprint density at radius 3 is 2.52 bits per heavy atom. The third-order valence-electron chi connectivity index (χ3n) is 6.52. The lowest BCUT2D eigenvalue weighted by Crippen LogP contribution is -2.35.